The summed E-state index contributed by atoms with van der Waals surface area (Å²) in [4.78, 5) is 18.6. The van der Waals surface area contributed by atoms with Gasteiger partial charge >= 0.3 is 0 Å². The monoisotopic (exact) mass is 295 g/mol. The molecule has 1 aliphatic heterocycles. The molecule has 0 amide bonds. The summed E-state index contributed by atoms with van der Waals surface area (Å²) in [6.07, 6.45) is 0.935. The van der Waals surface area contributed by atoms with Crippen molar-refractivity contribution in [2.24, 2.45) is 0 Å². The Balaban J connectivity index is 1.68. The zero-order chi connectivity index (χ0) is 13.9. The zero-order valence-electron chi connectivity index (χ0n) is 11.1. The van der Waals surface area contributed by atoms with Crippen LogP contribution in [0.3, 0.4) is 0 Å². The zero-order valence-corrected chi connectivity index (χ0v) is 11.9. The normalized spacial score (nSPS) is 18.4. The summed E-state index contributed by atoms with van der Waals surface area (Å²) in [5.41, 5.74) is 0.643. The number of morpholine rings is 1. The van der Waals surface area contributed by atoms with Crippen LogP contribution in [0.4, 0.5) is 0 Å². The number of aromatic nitrogens is 2. The Morgan fingerprint density at radius 3 is 3.00 bits per heavy atom. The van der Waals surface area contributed by atoms with Crippen LogP contribution < -0.4 is 5.56 Å². The standard InChI is InChI=1S/C13H17N3O3S/c17-10(7-15-2-4-19-5-3-15)8-16-9-14-11-1-6-20-12(11)13(16)18/h1,6,9-10,17H,2-5,7-8H2/t10-/m0/s1. The third-order valence-corrected chi connectivity index (χ3v) is 4.31. The fourth-order valence-corrected chi connectivity index (χ4v) is 3.17. The third kappa shape index (κ3) is 2.90. The van der Waals surface area contributed by atoms with E-state index in [4.69, 9.17) is 4.74 Å². The predicted molar refractivity (Wildman–Crippen MR) is 77.1 cm³/mol. The van der Waals surface area contributed by atoms with E-state index in [0.717, 1.165) is 18.6 Å². The Morgan fingerprint density at radius 2 is 2.20 bits per heavy atom. The second kappa shape index (κ2) is 6.01. The summed E-state index contributed by atoms with van der Waals surface area (Å²) < 4.78 is 7.41. The van der Waals surface area contributed by atoms with Gasteiger partial charge in [-0.3, -0.25) is 14.3 Å². The van der Waals surface area contributed by atoms with E-state index in [9.17, 15) is 9.90 Å². The van der Waals surface area contributed by atoms with Crippen LogP contribution in [0.15, 0.2) is 22.6 Å². The number of β-amino-alcohol motifs (C(OH)–C–C–N with tert-alkyl or cyclic N) is 1. The number of aliphatic hydroxyl groups excluding tert-OH is 1. The van der Waals surface area contributed by atoms with Crippen LogP contribution in [-0.4, -0.2) is 58.5 Å². The summed E-state index contributed by atoms with van der Waals surface area (Å²) in [5, 5.41) is 12.0. The highest BCUT2D eigenvalue weighted by atomic mass is 32.1. The van der Waals surface area contributed by atoms with E-state index in [-0.39, 0.29) is 12.1 Å². The van der Waals surface area contributed by atoms with Gasteiger partial charge in [-0.1, -0.05) is 0 Å². The van der Waals surface area contributed by atoms with E-state index in [1.54, 1.807) is 0 Å². The van der Waals surface area contributed by atoms with Crippen molar-refractivity contribution in [3.8, 4) is 0 Å². The molecule has 0 saturated carbocycles. The maximum Gasteiger partial charge on any atom is 0.271 e. The van der Waals surface area contributed by atoms with Gasteiger partial charge in [0.25, 0.3) is 5.56 Å². The molecule has 0 aliphatic carbocycles. The fourth-order valence-electron chi connectivity index (χ4n) is 2.38. The van der Waals surface area contributed by atoms with E-state index in [1.807, 2.05) is 11.4 Å². The van der Waals surface area contributed by atoms with Crippen LogP contribution in [0, 0.1) is 0 Å². The van der Waals surface area contributed by atoms with Crippen LogP contribution in [0.2, 0.25) is 0 Å². The van der Waals surface area contributed by atoms with Crippen molar-refractivity contribution in [2.75, 3.05) is 32.8 Å². The molecule has 108 valence electrons. The van der Waals surface area contributed by atoms with Crippen LogP contribution in [0.25, 0.3) is 10.2 Å². The molecule has 1 N–H and O–H groups in total. The molecule has 0 aromatic carbocycles. The molecule has 1 aliphatic rings. The maximum absolute atomic E-state index is 12.2. The Hall–Kier alpha value is -1.28. The highest BCUT2D eigenvalue weighted by Crippen LogP contribution is 2.13. The van der Waals surface area contributed by atoms with Crippen molar-refractivity contribution >= 4 is 21.6 Å². The minimum absolute atomic E-state index is 0.0778. The molecule has 20 heavy (non-hydrogen) atoms. The second-order valence-corrected chi connectivity index (χ2v) is 5.82. The highest BCUT2D eigenvalue weighted by molar-refractivity contribution is 7.17. The molecular weight excluding hydrogens is 278 g/mol. The predicted octanol–water partition coefficient (Wildman–Crippen LogP) is 0.151. The molecule has 2 aromatic rings. The van der Waals surface area contributed by atoms with Gasteiger partial charge in [0.1, 0.15) is 4.70 Å². The van der Waals surface area contributed by atoms with Crippen molar-refractivity contribution in [1.82, 2.24) is 14.5 Å². The molecular formula is C13H17N3O3S. The molecule has 0 radical (unpaired) electrons. The highest BCUT2D eigenvalue weighted by Gasteiger charge is 2.16. The van der Waals surface area contributed by atoms with Crippen molar-refractivity contribution in [1.29, 1.82) is 0 Å². The molecule has 7 heteroatoms. The van der Waals surface area contributed by atoms with Crippen LogP contribution >= 0.6 is 11.3 Å². The maximum atomic E-state index is 12.2. The first kappa shape index (κ1) is 13.7. The van der Waals surface area contributed by atoms with Crippen molar-refractivity contribution < 1.29 is 9.84 Å². The lowest BCUT2D eigenvalue weighted by molar-refractivity contribution is 0.0113. The van der Waals surface area contributed by atoms with Gasteiger partial charge in [-0.2, -0.15) is 0 Å². The first-order chi connectivity index (χ1) is 9.74. The second-order valence-electron chi connectivity index (χ2n) is 4.90. The van der Waals surface area contributed by atoms with Crippen LogP contribution in [0.5, 0.6) is 0 Å². The molecule has 1 saturated heterocycles. The van der Waals surface area contributed by atoms with Gasteiger partial charge in [-0.25, -0.2) is 4.98 Å². The number of fused-ring (bicyclic) bond motifs is 1. The van der Waals surface area contributed by atoms with Crippen LogP contribution in [-0.2, 0) is 11.3 Å². The number of hydrogen-bond donors (Lipinski definition) is 1. The summed E-state index contributed by atoms with van der Waals surface area (Å²) >= 11 is 1.39. The van der Waals surface area contributed by atoms with E-state index in [1.165, 1.54) is 22.2 Å². The van der Waals surface area contributed by atoms with Gasteiger partial charge in [-0.05, 0) is 11.4 Å². The Bertz CT molecular complexity index is 633. The molecule has 2 aromatic heterocycles. The van der Waals surface area contributed by atoms with E-state index in [2.05, 4.69) is 9.88 Å². The molecule has 3 heterocycles. The number of thiophene rings is 1. The first-order valence-corrected chi connectivity index (χ1v) is 7.53. The van der Waals surface area contributed by atoms with Crippen molar-refractivity contribution in [3.05, 3.63) is 28.1 Å². The molecule has 6 nitrogen and oxygen atoms in total. The molecule has 1 atom stereocenters. The quantitative estimate of drug-likeness (QED) is 0.870. The number of aliphatic hydroxyl groups is 1. The fraction of sp³-hybridized carbons (Fsp3) is 0.538. The SMILES string of the molecule is O=c1c2sccc2ncn1C[C@@H](O)CN1CCOCC1. The van der Waals surface area contributed by atoms with Crippen molar-refractivity contribution in [3.63, 3.8) is 0 Å². The van der Waals surface area contributed by atoms with Gasteiger partial charge in [0.05, 0.1) is 37.7 Å². The van der Waals surface area contributed by atoms with E-state index in [0.29, 0.717) is 24.5 Å². The largest absolute Gasteiger partial charge is 0.390 e. The minimum Gasteiger partial charge on any atom is -0.390 e. The number of rotatable bonds is 4. The summed E-state index contributed by atoms with van der Waals surface area (Å²) in [5.74, 6) is 0. The number of hydrogen-bond acceptors (Lipinski definition) is 6. The smallest absolute Gasteiger partial charge is 0.271 e. The Morgan fingerprint density at radius 1 is 1.40 bits per heavy atom. The summed E-state index contributed by atoms with van der Waals surface area (Å²) in [6.45, 7) is 3.89. The summed E-state index contributed by atoms with van der Waals surface area (Å²) in [6, 6.07) is 1.83. The third-order valence-electron chi connectivity index (χ3n) is 3.42. The number of nitrogens with zero attached hydrogens (tertiary/aromatic N) is 3. The number of ether oxygens (including phenoxy) is 1. The summed E-state index contributed by atoms with van der Waals surface area (Å²) in [7, 11) is 0. The van der Waals surface area contributed by atoms with Crippen LogP contribution in [0.1, 0.15) is 0 Å². The molecule has 1 fully saturated rings. The van der Waals surface area contributed by atoms with Gasteiger partial charge in [-0.15, -0.1) is 11.3 Å². The molecule has 0 unspecified atom stereocenters. The van der Waals surface area contributed by atoms with E-state index >= 15 is 0 Å². The van der Waals surface area contributed by atoms with Gasteiger partial charge < -0.3 is 9.84 Å². The average Bonchev–Trinajstić information content (AvgIpc) is 2.92. The lowest BCUT2D eigenvalue weighted by Gasteiger charge is -2.28. The molecule has 0 bridgehead atoms. The Labute approximate surface area is 120 Å². The Kier molecular flexibility index (Phi) is 4.11. The lowest BCUT2D eigenvalue weighted by Crippen LogP contribution is -2.42. The van der Waals surface area contributed by atoms with Gasteiger partial charge in [0.15, 0.2) is 0 Å². The molecule has 0 spiro atoms. The topological polar surface area (TPSA) is 67.6 Å². The average molecular weight is 295 g/mol. The first-order valence-electron chi connectivity index (χ1n) is 6.65. The minimum atomic E-state index is -0.579. The molecule has 3 rings (SSSR count). The lowest BCUT2D eigenvalue weighted by atomic mass is 10.3. The van der Waals surface area contributed by atoms with Gasteiger partial charge in [0, 0.05) is 19.6 Å². The van der Waals surface area contributed by atoms with Crippen molar-refractivity contribution in [2.45, 2.75) is 12.6 Å². The van der Waals surface area contributed by atoms with Gasteiger partial charge in [0.2, 0.25) is 0 Å². The van der Waals surface area contributed by atoms with E-state index < -0.39 is 6.10 Å².